The van der Waals surface area contributed by atoms with Crippen LogP contribution in [-0.4, -0.2) is 59.5 Å². The second-order valence-corrected chi connectivity index (χ2v) is 9.69. The highest BCUT2D eigenvalue weighted by molar-refractivity contribution is 7.92. The van der Waals surface area contributed by atoms with Crippen LogP contribution in [0.2, 0.25) is 0 Å². The van der Waals surface area contributed by atoms with Crippen LogP contribution in [0.15, 0.2) is 64.8 Å². The quantitative estimate of drug-likeness (QED) is 0.557. The second kappa shape index (κ2) is 9.68. The largest absolute Gasteiger partial charge is 0.335 e. The van der Waals surface area contributed by atoms with Crippen molar-refractivity contribution < 1.29 is 13.2 Å². The van der Waals surface area contributed by atoms with E-state index in [-0.39, 0.29) is 43.3 Å². The van der Waals surface area contributed by atoms with Crippen molar-refractivity contribution in [3.8, 4) is 0 Å². The molecular weight excluding hydrogens is 440 g/mol. The maximum atomic E-state index is 13.3. The number of fused-ring (bicyclic) bond motifs is 1. The monoisotopic (exact) mass is 466 g/mol. The maximum Gasteiger partial charge on any atom is 0.275 e. The zero-order valence-corrected chi connectivity index (χ0v) is 19.2. The Morgan fingerprint density at radius 1 is 0.970 bits per heavy atom. The highest BCUT2D eigenvalue weighted by Crippen LogP contribution is 2.18. The summed E-state index contributed by atoms with van der Waals surface area (Å²) < 4.78 is 28.2. The number of rotatable bonds is 6. The molecule has 8 nitrogen and oxygen atoms in total. The van der Waals surface area contributed by atoms with E-state index in [0.29, 0.717) is 23.7 Å². The summed E-state index contributed by atoms with van der Waals surface area (Å²) in [6.07, 6.45) is 2.28. The number of piperazine rings is 1. The number of benzene rings is 2. The Labute approximate surface area is 192 Å². The summed E-state index contributed by atoms with van der Waals surface area (Å²) in [6, 6.07) is 16.2. The van der Waals surface area contributed by atoms with Crippen molar-refractivity contribution in [2.45, 2.75) is 19.9 Å². The van der Waals surface area contributed by atoms with E-state index >= 15 is 0 Å². The van der Waals surface area contributed by atoms with Crippen molar-refractivity contribution in [3.05, 3.63) is 81.6 Å². The summed E-state index contributed by atoms with van der Waals surface area (Å²) in [5, 5.41) is 6.54. The fourth-order valence-corrected chi connectivity index (χ4v) is 5.04. The number of nitrogens with zero attached hydrogens (tertiary/aromatic N) is 4. The molecular formula is C24H26N4O4S. The van der Waals surface area contributed by atoms with E-state index in [1.807, 2.05) is 37.3 Å². The van der Waals surface area contributed by atoms with Crippen LogP contribution in [0.4, 0.5) is 0 Å². The van der Waals surface area contributed by atoms with Crippen LogP contribution in [-0.2, 0) is 16.6 Å². The first-order valence-electron chi connectivity index (χ1n) is 10.9. The molecule has 2 heterocycles. The molecule has 1 fully saturated rings. The average molecular weight is 467 g/mol. The standard InChI is InChI=1S/C24H26N4O4S/c1-2-13-28-23(29)21-11-7-6-10-20(21)22(25-28)24(30)26-14-16-27(17-15-26)33(31,32)18-12-19-8-4-3-5-9-19/h3-12,18H,2,13-17H2,1H3/b18-12+. The summed E-state index contributed by atoms with van der Waals surface area (Å²) in [5.41, 5.74) is 0.805. The molecule has 3 aromatic rings. The van der Waals surface area contributed by atoms with Gasteiger partial charge in [0.15, 0.2) is 5.69 Å². The van der Waals surface area contributed by atoms with Crippen LogP contribution in [0.5, 0.6) is 0 Å². The number of carbonyl (C=O) groups is 1. The maximum absolute atomic E-state index is 13.3. The highest BCUT2D eigenvalue weighted by Gasteiger charge is 2.29. The van der Waals surface area contributed by atoms with E-state index in [9.17, 15) is 18.0 Å². The zero-order valence-electron chi connectivity index (χ0n) is 18.4. The van der Waals surface area contributed by atoms with Crippen molar-refractivity contribution in [2.24, 2.45) is 0 Å². The molecule has 0 bridgehead atoms. The molecule has 0 N–H and O–H groups in total. The predicted octanol–water partition coefficient (Wildman–Crippen LogP) is 2.57. The number of aryl methyl sites for hydroxylation is 1. The molecule has 0 radical (unpaired) electrons. The molecule has 172 valence electrons. The van der Waals surface area contributed by atoms with Crippen molar-refractivity contribution in [2.75, 3.05) is 26.2 Å². The van der Waals surface area contributed by atoms with Gasteiger partial charge in [0.25, 0.3) is 11.5 Å². The van der Waals surface area contributed by atoms with Gasteiger partial charge in [-0.15, -0.1) is 0 Å². The third-order valence-corrected chi connectivity index (χ3v) is 7.19. The third-order valence-electron chi connectivity index (χ3n) is 5.62. The van der Waals surface area contributed by atoms with Crippen LogP contribution in [0, 0.1) is 0 Å². The lowest BCUT2D eigenvalue weighted by Crippen LogP contribution is -2.50. The minimum absolute atomic E-state index is 0.194. The Balaban J connectivity index is 1.52. The lowest BCUT2D eigenvalue weighted by atomic mass is 10.1. The Kier molecular flexibility index (Phi) is 6.71. The van der Waals surface area contributed by atoms with Crippen molar-refractivity contribution in [1.29, 1.82) is 0 Å². The molecule has 0 atom stereocenters. The number of aromatic nitrogens is 2. The normalized spacial score (nSPS) is 15.4. The van der Waals surface area contributed by atoms with Gasteiger partial charge in [0, 0.05) is 43.5 Å². The van der Waals surface area contributed by atoms with E-state index in [1.54, 1.807) is 35.2 Å². The molecule has 9 heteroatoms. The molecule has 1 aliphatic rings. The summed E-state index contributed by atoms with van der Waals surface area (Å²) in [5.74, 6) is -0.298. The highest BCUT2D eigenvalue weighted by atomic mass is 32.2. The van der Waals surface area contributed by atoms with Crippen LogP contribution in [0.25, 0.3) is 16.8 Å². The minimum atomic E-state index is -3.60. The van der Waals surface area contributed by atoms with Gasteiger partial charge in [-0.25, -0.2) is 13.1 Å². The van der Waals surface area contributed by atoms with E-state index in [2.05, 4.69) is 5.10 Å². The van der Waals surface area contributed by atoms with E-state index in [1.165, 1.54) is 14.4 Å². The van der Waals surface area contributed by atoms with Crippen LogP contribution >= 0.6 is 0 Å². The van der Waals surface area contributed by atoms with Crippen LogP contribution < -0.4 is 5.56 Å². The van der Waals surface area contributed by atoms with Gasteiger partial charge in [0.2, 0.25) is 10.0 Å². The smallest absolute Gasteiger partial charge is 0.275 e. The lowest BCUT2D eigenvalue weighted by Gasteiger charge is -2.33. The second-order valence-electron chi connectivity index (χ2n) is 7.87. The SMILES string of the molecule is CCCn1nc(C(=O)N2CCN(S(=O)(=O)/C=C/c3ccccc3)CC2)c2ccccc2c1=O. The third kappa shape index (κ3) is 4.89. The fraction of sp³-hybridized carbons (Fsp3) is 0.292. The van der Waals surface area contributed by atoms with Gasteiger partial charge >= 0.3 is 0 Å². The first-order valence-corrected chi connectivity index (χ1v) is 12.4. The molecule has 1 aromatic heterocycles. The van der Waals surface area contributed by atoms with E-state index in [0.717, 1.165) is 5.56 Å². The minimum Gasteiger partial charge on any atom is -0.335 e. The van der Waals surface area contributed by atoms with Gasteiger partial charge in [0.1, 0.15) is 0 Å². The first-order chi connectivity index (χ1) is 15.9. The average Bonchev–Trinajstić information content (AvgIpc) is 2.85. The molecule has 4 rings (SSSR count). The summed E-state index contributed by atoms with van der Waals surface area (Å²) in [7, 11) is -3.60. The molecule has 1 saturated heterocycles. The fourth-order valence-electron chi connectivity index (χ4n) is 3.87. The van der Waals surface area contributed by atoms with E-state index < -0.39 is 10.0 Å². The number of amides is 1. The lowest BCUT2D eigenvalue weighted by molar-refractivity contribution is 0.0692. The summed E-state index contributed by atoms with van der Waals surface area (Å²) in [4.78, 5) is 27.6. The number of carbonyl (C=O) groups excluding carboxylic acids is 1. The van der Waals surface area contributed by atoms with Crippen LogP contribution in [0.1, 0.15) is 29.4 Å². The molecule has 1 aliphatic heterocycles. The summed E-state index contributed by atoms with van der Waals surface area (Å²) >= 11 is 0. The number of hydrogen-bond donors (Lipinski definition) is 0. The Hall–Kier alpha value is -3.30. The van der Waals surface area contributed by atoms with Crippen molar-refractivity contribution >= 4 is 32.8 Å². The first kappa shape index (κ1) is 22.9. The molecule has 0 saturated carbocycles. The number of sulfonamides is 1. The van der Waals surface area contributed by atoms with Crippen LogP contribution in [0.3, 0.4) is 0 Å². The van der Waals surface area contributed by atoms with Gasteiger partial charge < -0.3 is 4.90 Å². The molecule has 2 aromatic carbocycles. The zero-order chi connectivity index (χ0) is 23.4. The van der Waals surface area contributed by atoms with Gasteiger partial charge in [-0.05, 0) is 24.1 Å². The number of hydrogen-bond acceptors (Lipinski definition) is 5. The topological polar surface area (TPSA) is 92.6 Å². The van der Waals surface area contributed by atoms with E-state index in [4.69, 9.17) is 0 Å². The Morgan fingerprint density at radius 3 is 2.27 bits per heavy atom. The van der Waals surface area contributed by atoms with Gasteiger partial charge in [-0.3, -0.25) is 9.59 Å². The molecule has 0 spiro atoms. The van der Waals surface area contributed by atoms with Gasteiger partial charge in [0.05, 0.1) is 5.39 Å². The van der Waals surface area contributed by atoms with Crippen molar-refractivity contribution in [1.82, 2.24) is 19.0 Å². The molecule has 0 aliphatic carbocycles. The molecule has 1 amide bonds. The van der Waals surface area contributed by atoms with Gasteiger partial charge in [-0.1, -0.05) is 55.5 Å². The van der Waals surface area contributed by atoms with Crippen molar-refractivity contribution in [3.63, 3.8) is 0 Å². The Morgan fingerprint density at radius 2 is 1.61 bits per heavy atom. The molecule has 33 heavy (non-hydrogen) atoms. The summed E-state index contributed by atoms with van der Waals surface area (Å²) in [6.45, 7) is 3.25. The predicted molar refractivity (Wildman–Crippen MR) is 128 cm³/mol. The van der Waals surface area contributed by atoms with Gasteiger partial charge in [-0.2, -0.15) is 9.40 Å². The Bertz CT molecular complexity index is 1340. The molecule has 0 unspecified atom stereocenters.